The van der Waals surface area contributed by atoms with E-state index in [1.807, 2.05) is 51.4 Å². The van der Waals surface area contributed by atoms with Gasteiger partial charge < -0.3 is 20.4 Å². The van der Waals surface area contributed by atoms with Crippen LogP contribution in [0.15, 0.2) is 30.6 Å². The lowest BCUT2D eigenvalue weighted by Crippen LogP contribution is -2.26. The third-order valence-electron chi connectivity index (χ3n) is 4.97. The molecule has 1 unspecified atom stereocenters. The summed E-state index contributed by atoms with van der Waals surface area (Å²) in [5.41, 5.74) is 8.73. The quantitative estimate of drug-likeness (QED) is 0.509. The van der Waals surface area contributed by atoms with Crippen LogP contribution in [0.2, 0.25) is 0 Å². The predicted octanol–water partition coefficient (Wildman–Crippen LogP) is 3.69. The van der Waals surface area contributed by atoms with Gasteiger partial charge in [0, 0.05) is 25.0 Å². The Hall–Kier alpha value is -2.67. The average Bonchev–Trinajstić information content (AvgIpc) is 3.13. The van der Waals surface area contributed by atoms with Crippen molar-refractivity contribution >= 4 is 33.7 Å². The van der Waals surface area contributed by atoms with Gasteiger partial charge in [-0.1, -0.05) is 32.0 Å². The minimum Gasteiger partial charge on any atom is -0.382 e. The van der Waals surface area contributed by atoms with E-state index < -0.39 is 0 Å². The minimum absolute atomic E-state index is 0.104. The highest BCUT2D eigenvalue weighted by atomic mass is 16.5. The maximum atomic E-state index is 11.9. The summed E-state index contributed by atoms with van der Waals surface area (Å²) in [7, 11) is 0. The molecular weight excluding hydrogens is 366 g/mol. The molecule has 0 aliphatic carbocycles. The monoisotopic (exact) mass is 397 g/mol. The van der Waals surface area contributed by atoms with Crippen molar-refractivity contribution in [3.05, 3.63) is 30.6 Å². The molecule has 7 heteroatoms. The number of anilines is 1. The van der Waals surface area contributed by atoms with Crippen LogP contribution in [0.1, 0.15) is 46.1 Å². The first kappa shape index (κ1) is 21.0. The summed E-state index contributed by atoms with van der Waals surface area (Å²) in [6.07, 6.45) is 4.12. The fourth-order valence-corrected chi connectivity index (χ4v) is 3.61. The first-order chi connectivity index (χ1) is 14.0. The molecule has 1 atom stereocenters. The molecule has 1 aromatic carbocycles. The van der Waals surface area contributed by atoms with Crippen molar-refractivity contribution < 1.29 is 9.53 Å². The van der Waals surface area contributed by atoms with Gasteiger partial charge in [-0.2, -0.15) is 0 Å². The Labute approximate surface area is 171 Å². The van der Waals surface area contributed by atoms with Gasteiger partial charge in [0.1, 0.15) is 5.52 Å². The fraction of sp³-hybridized carbons (Fsp3) is 0.500. The largest absolute Gasteiger partial charge is 0.382 e. The lowest BCUT2D eigenvalue weighted by atomic mass is 10.1. The van der Waals surface area contributed by atoms with E-state index in [1.54, 1.807) is 0 Å². The Bertz CT molecular complexity index is 966. The molecule has 7 nitrogen and oxygen atoms in total. The summed E-state index contributed by atoms with van der Waals surface area (Å²) in [4.78, 5) is 20.9. The maximum Gasteiger partial charge on any atom is 0.220 e. The van der Waals surface area contributed by atoms with Crippen molar-refractivity contribution in [1.29, 1.82) is 0 Å². The number of rotatable bonds is 10. The summed E-state index contributed by atoms with van der Waals surface area (Å²) >= 11 is 0. The van der Waals surface area contributed by atoms with Crippen LogP contribution in [-0.2, 0) is 9.53 Å². The molecule has 0 aliphatic heterocycles. The van der Waals surface area contributed by atoms with Gasteiger partial charge in [0.05, 0.1) is 30.0 Å². The molecule has 156 valence electrons. The maximum absolute atomic E-state index is 11.9. The molecule has 2 heterocycles. The van der Waals surface area contributed by atoms with Crippen molar-refractivity contribution in [1.82, 2.24) is 19.9 Å². The Morgan fingerprint density at radius 2 is 2.10 bits per heavy atom. The van der Waals surface area contributed by atoms with E-state index in [1.165, 1.54) is 0 Å². The first-order valence-electron chi connectivity index (χ1n) is 10.4. The number of fused-ring (bicyclic) bond motifs is 3. The molecular formula is C22H31N5O2. The number of pyridine rings is 1. The number of nitrogens with one attached hydrogen (secondary N) is 1. The Morgan fingerprint density at radius 3 is 2.86 bits per heavy atom. The van der Waals surface area contributed by atoms with Crippen LogP contribution >= 0.6 is 0 Å². The van der Waals surface area contributed by atoms with Gasteiger partial charge in [0.25, 0.3) is 0 Å². The summed E-state index contributed by atoms with van der Waals surface area (Å²) in [6, 6.07) is 8.07. The zero-order valence-electron chi connectivity index (χ0n) is 17.5. The molecule has 0 fully saturated rings. The first-order valence-corrected chi connectivity index (χ1v) is 10.4. The molecule has 3 rings (SSSR count). The fourth-order valence-electron chi connectivity index (χ4n) is 3.61. The SMILES string of the molecule is CCOCC(CCCNC(=O)CC(C)C)n1cnc2c(N)nc3ccccc3c21. The molecule has 2 aromatic heterocycles. The summed E-state index contributed by atoms with van der Waals surface area (Å²) in [5.74, 6) is 0.915. The normalized spacial score (nSPS) is 12.7. The van der Waals surface area contributed by atoms with Crippen molar-refractivity contribution in [2.24, 2.45) is 5.92 Å². The van der Waals surface area contributed by atoms with Crippen molar-refractivity contribution in [3.8, 4) is 0 Å². The second kappa shape index (κ2) is 9.69. The third kappa shape index (κ3) is 5.03. The predicted molar refractivity (Wildman–Crippen MR) is 117 cm³/mol. The van der Waals surface area contributed by atoms with Crippen LogP contribution in [0, 0.1) is 5.92 Å². The van der Waals surface area contributed by atoms with Gasteiger partial charge in [-0.15, -0.1) is 0 Å². The van der Waals surface area contributed by atoms with Crippen LogP contribution < -0.4 is 11.1 Å². The van der Waals surface area contributed by atoms with E-state index in [4.69, 9.17) is 10.5 Å². The topological polar surface area (TPSA) is 95.1 Å². The van der Waals surface area contributed by atoms with E-state index in [9.17, 15) is 4.79 Å². The summed E-state index contributed by atoms with van der Waals surface area (Å²) < 4.78 is 7.91. The number of para-hydroxylation sites is 1. The molecule has 0 spiro atoms. The second-order valence-corrected chi connectivity index (χ2v) is 7.77. The highest BCUT2D eigenvalue weighted by Crippen LogP contribution is 2.30. The molecule has 0 saturated heterocycles. The highest BCUT2D eigenvalue weighted by molar-refractivity contribution is 6.06. The van der Waals surface area contributed by atoms with E-state index >= 15 is 0 Å². The molecule has 0 bridgehead atoms. The molecule has 3 aromatic rings. The van der Waals surface area contributed by atoms with Crippen LogP contribution in [0.4, 0.5) is 5.82 Å². The molecule has 1 amide bonds. The third-order valence-corrected chi connectivity index (χ3v) is 4.97. The van der Waals surface area contributed by atoms with Crippen molar-refractivity contribution in [3.63, 3.8) is 0 Å². The van der Waals surface area contributed by atoms with Crippen LogP contribution in [0.5, 0.6) is 0 Å². The second-order valence-electron chi connectivity index (χ2n) is 7.77. The van der Waals surface area contributed by atoms with E-state index in [2.05, 4.69) is 19.9 Å². The van der Waals surface area contributed by atoms with Crippen LogP contribution in [0.25, 0.3) is 21.9 Å². The number of ether oxygens (including phenoxy) is 1. The van der Waals surface area contributed by atoms with Gasteiger partial charge in [0.2, 0.25) is 5.91 Å². The van der Waals surface area contributed by atoms with E-state index in [0.717, 1.165) is 34.8 Å². The number of hydrogen-bond donors (Lipinski definition) is 2. The van der Waals surface area contributed by atoms with E-state index in [0.29, 0.717) is 37.9 Å². The molecule has 0 radical (unpaired) electrons. The minimum atomic E-state index is 0.104. The zero-order valence-corrected chi connectivity index (χ0v) is 17.5. The highest BCUT2D eigenvalue weighted by Gasteiger charge is 2.18. The standard InChI is InChI=1S/C22H31N5O2/c1-4-29-13-16(8-7-11-24-19(28)12-15(2)3)27-14-25-20-21(27)17-9-5-6-10-18(17)26-22(20)23/h5-6,9-10,14-16H,4,7-8,11-13H2,1-3H3,(H2,23,26)(H,24,28). The Kier molecular flexibility index (Phi) is 7.04. The van der Waals surface area contributed by atoms with Crippen LogP contribution in [-0.4, -0.2) is 40.2 Å². The lowest BCUT2D eigenvalue weighted by molar-refractivity contribution is -0.121. The Morgan fingerprint density at radius 1 is 1.31 bits per heavy atom. The van der Waals surface area contributed by atoms with Gasteiger partial charge in [0.15, 0.2) is 5.82 Å². The summed E-state index contributed by atoms with van der Waals surface area (Å²) in [6.45, 7) is 7.98. The zero-order chi connectivity index (χ0) is 20.8. The van der Waals surface area contributed by atoms with Gasteiger partial charge in [-0.05, 0) is 31.7 Å². The summed E-state index contributed by atoms with van der Waals surface area (Å²) in [5, 5.41) is 4.04. The van der Waals surface area contributed by atoms with Crippen molar-refractivity contribution in [2.45, 2.75) is 46.1 Å². The number of hydrogen-bond acceptors (Lipinski definition) is 5. The Balaban J connectivity index is 1.81. The lowest BCUT2D eigenvalue weighted by Gasteiger charge is -2.20. The number of carbonyl (C=O) groups excluding carboxylic acids is 1. The number of nitrogens with two attached hydrogens (primary N) is 1. The number of nitrogens with zero attached hydrogens (tertiary/aromatic N) is 3. The number of carbonyl (C=O) groups is 1. The van der Waals surface area contributed by atoms with E-state index in [-0.39, 0.29) is 11.9 Å². The molecule has 0 saturated carbocycles. The molecule has 29 heavy (non-hydrogen) atoms. The van der Waals surface area contributed by atoms with Gasteiger partial charge in [-0.25, -0.2) is 9.97 Å². The van der Waals surface area contributed by atoms with Gasteiger partial charge in [-0.3, -0.25) is 4.79 Å². The molecule has 0 aliphatic rings. The number of benzene rings is 1. The van der Waals surface area contributed by atoms with Crippen LogP contribution in [0.3, 0.4) is 0 Å². The molecule has 3 N–H and O–H groups in total. The van der Waals surface area contributed by atoms with Crippen molar-refractivity contribution in [2.75, 3.05) is 25.5 Å². The number of aromatic nitrogens is 3. The number of amides is 1. The number of imidazole rings is 1. The van der Waals surface area contributed by atoms with Gasteiger partial charge >= 0.3 is 0 Å². The smallest absolute Gasteiger partial charge is 0.220 e. The number of nitrogen functional groups attached to an aromatic ring is 1. The average molecular weight is 398 g/mol.